The molecule has 0 aromatic heterocycles. The van der Waals surface area contributed by atoms with E-state index in [1.807, 2.05) is 0 Å². The van der Waals surface area contributed by atoms with Gasteiger partial charge in [0.2, 0.25) is 0 Å². The normalized spacial score (nSPS) is 15.8. The molecule has 0 N–H and O–H groups in total. The first kappa shape index (κ1) is 6.86. The molecule has 0 aromatic carbocycles. The van der Waals surface area contributed by atoms with Crippen molar-refractivity contribution in [1.29, 1.82) is 0 Å². The van der Waals surface area contributed by atoms with Crippen LogP contribution in [-0.2, 0) is 0 Å². The van der Waals surface area contributed by atoms with Crippen LogP contribution in [0.4, 0.5) is 0 Å². The molecule has 0 nitrogen and oxygen atoms in total. The van der Waals surface area contributed by atoms with Gasteiger partial charge in [-0.3, -0.25) is 0 Å². The lowest BCUT2D eigenvalue weighted by Crippen LogP contribution is -2.39. The number of rotatable bonds is 2. The minimum Gasteiger partial charge on any atom is -0.108 e. The van der Waals surface area contributed by atoms with E-state index in [4.69, 9.17) is 2.74 Å². The first-order chi connectivity index (χ1) is 5.07. The molecule has 10 heavy (non-hydrogen) atoms. The van der Waals surface area contributed by atoms with Gasteiger partial charge in [0, 0.05) is 0 Å². The Morgan fingerprint density at radius 3 is 1.30 bits per heavy atom. The molecule has 0 aliphatic heterocycles. The van der Waals surface area contributed by atoms with E-state index in [-0.39, 0.29) is 6.53 Å². The number of hydrogen-bond acceptors (Lipinski definition) is 0. The van der Waals surface area contributed by atoms with Gasteiger partial charge in [0.25, 0.3) is 0 Å². The summed E-state index contributed by atoms with van der Waals surface area (Å²) in [6.45, 7) is 13.4. The van der Waals surface area contributed by atoms with Gasteiger partial charge < -0.3 is 0 Å². The fourth-order valence-electron chi connectivity index (χ4n) is 1.12. The Bertz CT molecular complexity index is 176. The lowest BCUT2D eigenvalue weighted by molar-refractivity contribution is 1.65. The molecular formula is C8H20Si2. The van der Waals surface area contributed by atoms with Crippen molar-refractivity contribution in [2.24, 2.45) is 0 Å². The fraction of sp³-hybridized carbons (Fsp3) is 0.750. The molecule has 0 amide bonds. The van der Waals surface area contributed by atoms with E-state index < -0.39 is 16.1 Å². The van der Waals surface area contributed by atoms with Crippen LogP contribution in [-0.4, -0.2) is 16.1 Å². The molecule has 0 radical (unpaired) electrons. The predicted octanol–water partition coefficient (Wildman–Crippen LogP) is 3.30. The van der Waals surface area contributed by atoms with Crippen LogP contribution < -0.4 is 0 Å². The van der Waals surface area contributed by atoms with Crippen LogP contribution in [0, 0.1) is 0 Å². The van der Waals surface area contributed by atoms with Crippen molar-refractivity contribution >= 4 is 16.1 Å². The van der Waals surface area contributed by atoms with Crippen molar-refractivity contribution in [2.75, 3.05) is 0 Å². The van der Waals surface area contributed by atoms with Crippen molar-refractivity contribution < 1.29 is 2.74 Å². The van der Waals surface area contributed by atoms with Crippen LogP contribution in [0.5, 0.6) is 0 Å². The summed E-state index contributed by atoms with van der Waals surface area (Å²) in [6.07, 6.45) is 0. The quantitative estimate of drug-likeness (QED) is 0.564. The van der Waals surface area contributed by atoms with Crippen LogP contribution in [0.3, 0.4) is 0 Å². The summed E-state index contributed by atoms with van der Waals surface area (Å²) >= 11 is 0. The monoisotopic (exact) mass is 174 g/mol. The minimum atomic E-state index is -1.42. The Kier molecular flexibility index (Phi) is 1.83. The average Bonchev–Trinajstić information content (AvgIpc) is 1.49. The first-order valence-electron chi connectivity index (χ1n) is 4.75. The van der Waals surface area contributed by atoms with Crippen LogP contribution in [0.2, 0.25) is 39.3 Å². The SMILES string of the molecule is [2H]C([2H])=C([Si](C)(C)C)[Si](C)(C)C. The molecule has 0 aliphatic carbocycles. The maximum absolute atomic E-state index is 7.46. The molecule has 0 aromatic rings. The van der Waals surface area contributed by atoms with Crippen molar-refractivity contribution in [3.63, 3.8) is 0 Å². The largest absolute Gasteiger partial charge is 0.108 e. The summed E-state index contributed by atoms with van der Waals surface area (Å²) in [7, 11) is -2.84. The molecule has 0 spiro atoms. The standard InChI is InChI=1S/C8H20Si2/c1-8(9(2,3)4)10(5,6)7/h1H2,2-7H3/i1D2. The summed E-state index contributed by atoms with van der Waals surface area (Å²) in [6, 6.07) is 0. The highest BCUT2D eigenvalue weighted by molar-refractivity contribution is 7.04. The Labute approximate surface area is 70.2 Å². The maximum atomic E-state index is 7.46. The molecule has 0 fully saturated rings. The van der Waals surface area contributed by atoms with Gasteiger partial charge in [0.05, 0.1) is 18.9 Å². The molecule has 0 saturated carbocycles. The lowest BCUT2D eigenvalue weighted by atomic mass is 11.2. The van der Waals surface area contributed by atoms with E-state index in [2.05, 4.69) is 39.3 Å². The second kappa shape index (κ2) is 2.66. The van der Waals surface area contributed by atoms with Crippen LogP contribution >= 0.6 is 0 Å². The van der Waals surface area contributed by atoms with Gasteiger partial charge in [0.1, 0.15) is 0 Å². The summed E-state index contributed by atoms with van der Waals surface area (Å²) in [5.74, 6) is 0. The van der Waals surface area contributed by atoms with E-state index in [9.17, 15) is 0 Å². The molecule has 0 aliphatic rings. The van der Waals surface area contributed by atoms with E-state index in [0.717, 1.165) is 0 Å². The molecule has 60 valence electrons. The summed E-state index contributed by atoms with van der Waals surface area (Å²) in [5, 5.41) is 0. The molecular weight excluding hydrogens is 152 g/mol. The van der Waals surface area contributed by atoms with Crippen molar-refractivity contribution in [3.8, 4) is 0 Å². The third-order valence-corrected chi connectivity index (χ3v) is 9.00. The summed E-state index contributed by atoms with van der Waals surface area (Å²) in [4.78, 5) is 1.19. The highest BCUT2D eigenvalue weighted by Gasteiger charge is 2.28. The molecule has 0 bridgehead atoms. The van der Waals surface area contributed by atoms with Crippen LogP contribution in [0.25, 0.3) is 0 Å². The highest BCUT2D eigenvalue weighted by Crippen LogP contribution is 2.22. The van der Waals surface area contributed by atoms with E-state index in [0.29, 0.717) is 0 Å². The lowest BCUT2D eigenvalue weighted by Gasteiger charge is -2.29. The van der Waals surface area contributed by atoms with Crippen LogP contribution in [0.15, 0.2) is 11.4 Å². The van der Waals surface area contributed by atoms with Gasteiger partial charge in [-0.1, -0.05) is 44.1 Å². The van der Waals surface area contributed by atoms with Gasteiger partial charge in [-0.15, -0.1) is 6.53 Å². The zero-order valence-electron chi connectivity index (χ0n) is 10.0. The molecule has 0 heterocycles. The highest BCUT2D eigenvalue weighted by atomic mass is 28.4. The molecule has 0 saturated heterocycles. The number of hydrogen-bond donors (Lipinski definition) is 0. The molecule has 0 atom stereocenters. The zero-order chi connectivity index (χ0) is 10.2. The predicted molar refractivity (Wildman–Crippen MR) is 55.8 cm³/mol. The van der Waals surface area contributed by atoms with Crippen molar-refractivity contribution in [2.45, 2.75) is 39.3 Å². The van der Waals surface area contributed by atoms with Gasteiger partial charge in [-0.05, 0) is 0 Å². The second-order valence-corrected chi connectivity index (χ2v) is 15.4. The van der Waals surface area contributed by atoms with E-state index in [1.54, 1.807) is 0 Å². The van der Waals surface area contributed by atoms with E-state index >= 15 is 0 Å². The van der Waals surface area contributed by atoms with Gasteiger partial charge in [-0.25, -0.2) is 0 Å². The second-order valence-electron chi connectivity index (χ2n) is 4.88. The summed E-state index contributed by atoms with van der Waals surface area (Å²) in [5.41, 5.74) is 0. The van der Waals surface area contributed by atoms with Crippen LogP contribution in [0.1, 0.15) is 2.74 Å². The third-order valence-electron chi connectivity index (χ3n) is 1.50. The Morgan fingerprint density at radius 1 is 1.00 bits per heavy atom. The van der Waals surface area contributed by atoms with Crippen molar-refractivity contribution in [1.82, 2.24) is 0 Å². The first-order valence-corrected chi connectivity index (χ1v) is 10.8. The Hall–Kier alpha value is 0.174. The molecule has 2 heteroatoms. The van der Waals surface area contributed by atoms with E-state index in [1.165, 1.54) is 4.82 Å². The Balaban J connectivity index is 5.13. The van der Waals surface area contributed by atoms with Gasteiger partial charge in [0.15, 0.2) is 0 Å². The maximum Gasteiger partial charge on any atom is 0.0674 e. The van der Waals surface area contributed by atoms with Gasteiger partial charge in [-0.2, -0.15) is 0 Å². The third kappa shape index (κ3) is 2.84. The topological polar surface area (TPSA) is 0 Å². The minimum absolute atomic E-state index is 0.0910. The smallest absolute Gasteiger partial charge is 0.0674 e. The molecule has 0 unspecified atom stereocenters. The Morgan fingerprint density at radius 2 is 1.30 bits per heavy atom. The zero-order valence-corrected chi connectivity index (χ0v) is 10.0. The van der Waals surface area contributed by atoms with Crippen molar-refractivity contribution in [3.05, 3.63) is 11.4 Å². The summed E-state index contributed by atoms with van der Waals surface area (Å²) < 4.78 is 14.9. The molecule has 0 rings (SSSR count). The van der Waals surface area contributed by atoms with Gasteiger partial charge >= 0.3 is 0 Å². The fourth-order valence-corrected chi connectivity index (χ4v) is 10.1. The average molecular weight is 174 g/mol.